The zero-order chi connectivity index (χ0) is 18.4. The molecule has 1 aromatic carbocycles. The zero-order valence-corrected chi connectivity index (χ0v) is 15.7. The lowest BCUT2D eigenvalue weighted by atomic mass is 10.2. The van der Waals surface area contributed by atoms with E-state index in [0.29, 0.717) is 39.5 Å². The number of benzene rings is 1. The number of rotatable bonds is 6. The second kappa shape index (κ2) is 8.68. The van der Waals surface area contributed by atoms with Crippen molar-refractivity contribution in [3.8, 4) is 0 Å². The number of aryl methyl sites for hydroxylation is 2. The van der Waals surface area contributed by atoms with E-state index < -0.39 is 6.09 Å². The third kappa shape index (κ3) is 5.07. The Morgan fingerprint density at radius 2 is 1.80 bits per heavy atom. The van der Waals surface area contributed by atoms with Gasteiger partial charge in [0, 0.05) is 18.5 Å². The van der Waals surface area contributed by atoms with Crippen LogP contribution < -0.4 is 10.6 Å². The Balaban J connectivity index is 2.03. The Bertz CT molecular complexity index is 772. The van der Waals surface area contributed by atoms with Gasteiger partial charge < -0.3 is 19.2 Å². The summed E-state index contributed by atoms with van der Waals surface area (Å²) in [5, 5.41) is 5.36. The van der Waals surface area contributed by atoms with Gasteiger partial charge in [0.1, 0.15) is 18.1 Å². The van der Waals surface area contributed by atoms with Crippen molar-refractivity contribution in [2.24, 2.45) is 0 Å². The largest absolute Gasteiger partial charge is 0.465 e. The number of furan rings is 1. The van der Waals surface area contributed by atoms with E-state index in [4.69, 9.17) is 13.9 Å². The van der Waals surface area contributed by atoms with E-state index in [1.165, 1.54) is 7.11 Å². The smallest absolute Gasteiger partial charge is 0.411 e. The molecule has 2 N–H and O–H groups in total. The first-order valence-electron chi connectivity index (χ1n) is 7.52. The van der Waals surface area contributed by atoms with Gasteiger partial charge in [-0.25, -0.2) is 4.79 Å². The predicted octanol–water partition coefficient (Wildman–Crippen LogP) is 4.11. The molecular weight excluding hydrogens is 392 g/mol. The third-order valence-electron chi connectivity index (χ3n) is 3.30. The molecule has 0 aliphatic rings. The number of carbonyl (C=O) groups is 2. The molecule has 134 valence electrons. The van der Waals surface area contributed by atoms with Crippen LogP contribution in [-0.4, -0.2) is 32.3 Å². The first-order chi connectivity index (χ1) is 11.9. The number of anilines is 2. The van der Waals surface area contributed by atoms with E-state index in [1.807, 2.05) is 0 Å². The fourth-order valence-electron chi connectivity index (χ4n) is 2.16. The van der Waals surface area contributed by atoms with Gasteiger partial charge in [-0.2, -0.15) is 0 Å². The van der Waals surface area contributed by atoms with Crippen molar-refractivity contribution in [2.75, 3.05) is 31.0 Å². The minimum atomic E-state index is -0.593. The minimum Gasteiger partial charge on any atom is -0.465 e. The fourth-order valence-corrected chi connectivity index (χ4v) is 2.70. The van der Waals surface area contributed by atoms with Crippen LogP contribution >= 0.6 is 15.9 Å². The molecule has 0 spiro atoms. The fraction of sp³-hybridized carbons (Fsp3) is 0.294. The molecule has 0 saturated heterocycles. The van der Waals surface area contributed by atoms with Gasteiger partial charge in [-0.05, 0) is 48.0 Å². The lowest BCUT2D eigenvalue weighted by molar-refractivity contribution is 0.102. The number of ether oxygens (including phenoxy) is 2. The number of nitrogens with one attached hydrogen (secondary N) is 2. The van der Waals surface area contributed by atoms with Gasteiger partial charge in [0.05, 0.1) is 16.6 Å². The van der Waals surface area contributed by atoms with Crippen LogP contribution in [0, 0.1) is 13.8 Å². The molecule has 0 saturated carbocycles. The second-order valence-corrected chi connectivity index (χ2v) is 5.99. The molecule has 0 radical (unpaired) electrons. The lowest BCUT2D eigenvalue weighted by Crippen LogP contribution is -2.17. The molecule has 2 amide bonds. The van der Waals surface area contributed by atoms with Crippen molar-refractivity contribution in [3.05, 3.63) is 45.8 Å². The van der Waals surface area contributed by atoms with Crippen LogP contribution in [0.15, 0.2) is 33.2 Å². The molecule has 25 heavy (non-hydrogen) atoms. The summed E-state index contributed by atoms with van der Waals surface area (Å²) < 4.78 is 15.8. The van der Waals surface area contributed by atoms with E-state index in [1.54, 1.807) is 38.1 Å². The molecule has 1 heterocycles. The SMILES string of the molecule is COCCOC(=O)Nc1cccc(NC(=O)c2c(C)oc(C)c2Br)c1. The van der Waals surface area contributed by atoms with Gasteiger partial charge in [-0.3, -0.25) is 10.1 Å². The molecule has 2 rings (SSSR count). The molecule has 8 heteroatoms. The highest BCUT2D eigenvalue weighted by molar-refractivity contribution is 9.10. The summed E-state index contributed by atoms with van der Waals surface area (Å²) in [5.74, 6) is 0.857. The molecule has 0 aliphatic carbocycles. The standard InChI is InChI=1S/C17H19BrN2O5/c1-10-14(15(18)11(2)25-10)16(21)19-12-5-4-6-13(9-12)20-17(22)24-8-7-23-3/h4-6,9H,7-8H2,1-3H3,(H,19,21)(H,20,22). The molecule has 0 atom stereocenters. The first kappa shape index (κ1) is 19.0. The molecule has 7 nitrogen and oxygen atoms in total. The summed E-state index contributed by atoms with van der Waals surface area (Å²) >= 11 is 3.35. The topological polar surface area (TPSA) is 89.8 Å². The maximum Gasteiger partial charge on any atom is 0.411 e. The van der Waals surface area contributed by atoms with E-state index in [-0.39, 0.29) is 12.5 Å². The average molecular weight is 411 g/mol. The maximum absolute atomic E-state index is 12.4. The Hall–Kier alpha value is -2.32. The number of methoxy groups -OCH3 is 1. The van der Waals surface area contributed by atoms with Crippen molar-refractivity contribution >= 4 is 39.3 Å². The monoisotopic (exact) mass is 410 g/mol. The Morgan fingerprint density at radius 3 is 2.40 bits per heavy atom. The first-order valence-corrected chi connectivity index (χ1v) is 8.31. The van der Waals surface area contributed by atoms with Gasteiger partial charge in [0.15, 0.2) is 0 Å². The van der Waals surface area contributed by atoms with Crippen LogP contribution in [0.4, 0.5) is 16.2 Å². The van der Waals surface area contributed by atoms with Gasteiger partial charge in [0.25, 0.3) is 5.91 Å². The van der Waals surface area contributed by atoms with Crippen molar-refractivity contribution in [1.29, 1.82) is 0 Å². The summed E-state index contributed by atoms with van der Waals surface area (Å²) in [7, 11) is 1.52. The third-order valence-corrected chi connectivity index (χ3v) is 4.26. The van der Waals surface area contributed by atoms with Crippen molar-refractivity contribution in [3.63, 3.8) is 0 Å². The van der Waals surface area contributed by atoms with E-state index >= 15 is 0 Å². The van der Waals surface area contributed by atoms with Crippen LogP contribution in [0.2, 0.25) is 0 Å². The summed E-state index contributed by atoms with van der Waals surface area (Å²) in [6.45, 7) is 3.97. The van der Waals surface area contributed by atoms with Gasteiger partial charge in [-0.1, -0.05) is 6.07 Å². The summed E-state index contributed by atoms with van der Waals surface area (Å²) in [6, 6.07) is 6.75. The number of carbonyl (C=O) groups excluding carboxylic acids is 2. The van der Waals surface area contributed by atoms with Crippen LogP contribution in [-0.2, 0) is 9.47 Å². The maximum atomic E-state index is 12.4. The molecule has 2 aromatic rings. The predicted molar refractivity (Wildman–Crippen MR) is 97.1 cm³/mol. The van der Waals surface area contributed by atoms with Crippen LogP contribution in [0.1, 0.15) is 21.9 Å². The molecule has 0 unspecified atom stereocenters. The highest BCUT2D eigenvalue weighted by atomic mass is 79.9. The molecule has 1 aromatic heterocycles. The van der Waals surface area contributed by atoms with Crippen LogP contribution in [0.5, 0.6) is 0 Å². The van der Waals surface area contributed by atoms with Crippen molar-refractivity contribution in [2.45, 2.75) is 13.8 Å². The summed E-state index contributed by atoms with van der Waals surface area (Å²) in [5.41, 5.74) is 1.47. The molecule has 0 fully saturated rings. The van der Waals surface area contributed by atoms with E-state index in [9.17, 15) is 9.59 Å². The van der Waals surface area contributed by atoms with Gasteiger partial charge in [-0.15, -0.1) is 0 Å². The number of amides is 2. The normalized spacial score (nSPS) is 10.4. The van der Waals surface area contributed by atoms with E-state index in [0.717, 1.165) is 0 Å². The number of hydrogen-bond donors (Lipinski definition) is 2. The zero-order valence-electron chi connectivity index (χ0n) is 14.1. The van der Waals surface area contributed by atoms with Crippen molar-refractivity contribution in [1.82, 2.24) is 0 Å². The minimum absolute atomic E-state index is 0.159. The highest BCUT2D eigenvalue weighted by Crippen LogP contribution is 2.28. The second-order valence-electron chi connectivity index (χ2n) is 5.19. The summed E-state index contributed by atoms with van der Waals surface area (Å²) in [6.07, 6.45) is -0.593. The molecule has 0 aliphatic heterocycles. The lowest BCUT2D eigenvalue weighted by Gasteiger charge is -2.09. The average Bonchev–Trinajstić information content (AvgIpc) is 2.80. The van der Waals surface area contributed by atoms with Crippen LogP contribution in [0.3, 0.4) is 0 Å². The highest BCUT2D eigenvalue weighted by Gasteiger charge is 2.20. The molecule has 0 bridgehead atoms. The Labute approximate surface area is 153 Å². The molecular formula is C17H19BrN2O5. The summed E-state index contributed by atoms with van der Waals surface area (Å²) in [4.78, 5) is 24.1. The van der Waals surface area contributed by atoms with Gasteiger partial charge in [0.2, 0.25) is 0 Å². The Kier molecular flexibility index (Phi) is 6.60. The number of hydrogen-bond acceptors (Lipinski definition) is 5. The number of halogens is 1. The van der Waals surface area contributed by atoms with E-state index in [2.05, 4.69) is 26.6 Å². The van der Waals surface area contributed by atoms with Crippen molar-refractivity contribution < 1.29 is 23.5 Å². The quantitative estimate of drug-likeness (QED) is 0.699. The Morgan fingerprint density at radius 1 is 1.12 bits per heavy atom. The van der Waals surface area contributed by atoms with Gasteiger partial charge >= 0.3 is 6.09 Å². The van der Waals surface area contributed by atoms with Crippen LogP contribution in [0.25, 0.3) is 0 Å².